The quantitative estimate of drug-likeness (QED) is 0.488. The van der Waals surface area contributed by atoms with Gasteiger partial charge in [0.15, 0.2) is 0 Å². The van der Waals surface area contributed by atoms with Crippen molar-refractivity contribution in [2.24, 2.45) is 0 Å². The fraction of sp³-hybridized carbons (Fsp3) is 0.176. The van der Waals surface area contributed by atoms with E-state index in [0.717, 1.165) is 25.2 Å². The predicted octanol–water partition coefficient (Wildman–Crippen LogP) is 3.80. The average Bonchev–Trinajstić information content (AvgIpc) is 2.82. The molecule has 0 unspecified atom stereocenters. The summed E-state index contributed by atoms with van der Waals surface area (Å²) >= 11 is 1.58. The highest BCUT2D eigenvalue weighted by molar-refractivity contribution is 14.1. The third-order valence-corrected chi connectivity index (χ3v) is 4.36. The summed E-state index contributed by atoms with van der Waals surface area (Å²) in [4.78, 5) is 25.5. The van der Waals surface area contributed by atoms with Gasteiger partial charge in [0.05, 0.1) is 25.4 Å². The van der Waals surface area contributed by atoms with E-state index in [-0.39, 0.29) is 20.5 Å². The van der Waals surface area contributed by atoms with Gasteiger partial charge in [-0.1, -0.05) is 6.08 Å². The van der Waals surface area contributed by atoms with Gasteiger partial charge in [0.1, 0.15) is 5.70 Å². The summed E-state index contributed by atoms with van der Waals surface area (Å²) in [6.45, 7) is 0. The molecule has 2 rings (SSSR count). The van der Waals surface area contributed by atoms with Crippen molar-refractivity contribution in [3.63, 3.8) is 0 Å². The smallest absolute Gasteiger partial charge is 0.417 e. The van der Waals surface area contributed by atoms with Gasteiger partial charge in [0, 0.05) is 15.5 Å². The van der Waals surface area contributed by atoms with Gasteiger partial charge in [0.2, 0.25) is 0 Å². The lowest BCUT2D eigenvalue weighted by atomic mass is 10.1. The third kappa shape index (κ3) is 4.09. The average molecular weight is 479 g/mol. The number of benzene rings is 1. The summed E-state index contributed by atoms with van der Waals surface area (Å²) in [5.74, 6) is -1.72. The number of halogens is 4. The van der Waals surface area contributed by atoms with Crippen LogP contribution in [-0.4, -0.2) is 26.2 Å². The first-order valence-electron chi connectivity index (χ1n) is 7.12. The second-order valence-electron chi connectivity index (χ2n) is 4.98. The molecule has 1 aliphatic rings. The van der Waals surface area contributed by atoms with Crippen LogP contribution in [0.1, 0.15) is 5.56 Å². The number of hydrogen-bond donors (Lipinski definition) is 0. The molecule has 0 aliphatic carbocycles. The highest BCUT2D eigenvalue weighted by atomic mass is 127. The number of methoxy groups -OCH3 is 2. The monoisotopic (exact) mass is 479 g/mol. The standard InChI is InChI=1S/C17H13F3INO4/c1-25-15(23)11-5-3-4-8-22(14(11)16(24)26-2)10-6-7-13(21)12(9-10)17(18,19)20/h3-9H,1-2H3. The molecule has 1 aliphatic heterocycles. The molecule has 0 amide bonds. The zero-order chi connectivity index (χ0) is 19.5. The van der Waals surface area contributed by atoms with Gasteiger partial charge in [-0.05, 0) is 52.9 Å². The molecule has 0 N–H and O–H groups in total. The molecule has 0 saturated carbocycles. The number of alkyl halides is 3. The van der Waals surface area contributed by atoms with Gasteiger partial charge in [-0.2, -0.15) is 13.2 Å². The van der Waals surface area contributed by atoms with Crippen LogP contribution in [0.5, 0.6) is 0 Å². The van der Waals surface area contributed by atoms with Crippen molar-refractivity contribution >= 4 is 40.2 Å². The lowest BCUT2D eigenvalue weighted by Crippen LogP contribution is -2.27. The van der Waals surface area contributed by atoms with E-state index in [1.54, 1.807) is 22.6 Å². The lowest BCUT2D eigenvalue weighted by molar-refractivity contribution is -0.139. The first-order chi connectivity index (χ1) is 12.2. The zero-order valence-electron chi connectivity index (χ0n) is 13.6. The fourth-order valence-electron chi connectivity index (χ4n) is 2.25. The van der Waals surface area contributed by atoms with E-state index in [1.807, 2.05) is 0 Å². The molecular weight excluding hydrogens is 466 g/mol. The van der Waals surface area contributed by atoms with Gasteiger partial charge in [-0.3, -0.25) is 0 Å². The topological polar surface area (TPSA) is 55.8 Å². The van der Waals surface area contributed by atoms with Crippen molar-refractivity contribution in [3.8, 4) is 0 Å². The molecular formula is C17H13F3INO4. The minimum absolute atomic E-state index is 0.00701. The molecule has 1 heterocycles. The number of rotatable bonds is 3. The Labute approximate surface area is 160 Å². The third-order valence-electron chi connectivity index (χ3n) is 3.42. The Morgan fingerprint density at radius 1 is 1.08 bits per heavy atom. The summed E-state index contributed by atoms with van der Waals surface area (Å²) in [5, 5.41) is 0. The number of allylic oxidation sites excluding steroid dienone is 2. The Bertz CT molecular complexity index is 828. The van der Waals surface area contributed by atoms with Gasteiger partial charge >= 0.3 is 18.1 Å². The summed E-state index contributed by atoms with van der Waals surface area (Å²) in [5.41, 5.74) is -1.21. The number of carbonyl (C=O) groups excluding carboxylic acids is 2. The molecule has 0 aromatic heterocycles. The molecule has 0 radical (unpaired) electrons. The largest absolute Gasteiger partial charge is 0.465 e. The number of ether oxygens (including phenoxy) is 2. The highest BCUT2D eigenvalue weighted by Gasteiger charge is 2.34. The van der Waals surface area contributed by atoms with Gasteiger partial charge in [-0.25, -0.2) is 9.59 Å². The Kier molecular flexibility index (Phi) is 6.11. The van der Waals surface area contributed by atoms with Crippen LogP contribution in [0.3, 0.4) is 0 Å². The van der Waals surface area contributed by atoms with Crippen LogP contribution in [0.15, 0.2) is 53.9 Å². The maximum Gasteiger partial charge on any atom is 0.417 e. The molecule has 1 aromatic carbocycles. The molecule has 9 heteroatoms. The maximum atomic E-state index is 13.2. The van der Waals surface area contributed by atoms with Crippen LogP contribution < -0.4 is 4.90 Å². The first-order valence-corrected chi connectivity index (χ1v) is 8.20. The molecule has 0 fully saturated rings. The number of hydrogen-bond acceptors (Lipinski definition) is 5. The van der Waals surface area contributed by atoms with E-state index in [2.05, 4.69) is 4.74 Å². The van der Waals surface area contributed by atoms with Crippen molar-refractivity contribution in [2.75, 3.05) is 19.1 Å². The van der Waals surface area contributed by atoms with E-state index in [1.165, 1.54) is 36.6 Å². The highest BCUT2D eigenvalue weighted by Crippen LogP contribution is 2.36. The van der Waals surface area contributed by atoms with Crippen LogP contribution in [0.4, 0.5) is 18.9 Å². The van der Waals surface area contributed by atoms with Gasteiger partial charge in [-0.15, -0.1) is 0 Å². The Morgan fingerprint density at radius 2 is 1.73 bits per heavy atom. The molecule has 0 spiro atoms. The lowest BCUT2D eigenvalue weighted by Gasteiger charge is -2.24. The van der Waals surface area contributed by atoms with E-state index in [9.17, 15) is 22.8 Å². The van der Waals surface area contributed by atoms with Crippen molar-refractivity contribution in [3.05, 3.63) is 63.0 Å². The second kappa shape index (κ2) is 7.94. The summed E-state index contributed by atoms with van der Waals surface area (Å²) in [7, 11) is 2.24. The van der Waals surface area contributed by atoms with E-state index >= 15 is 0 Å². The molecule has 138 valence electrons. The molecule has 26 heavy (non-hydrogen) atoms. The van der Waals surface area contributed by atoms with Gasteiger partial charge in [0.25, 0.3) is 0 Å². The normalized spacial score (nSPS) is 14.3. The first kappa shape index (κ1) is 20.0. The van der Waals surface area contributed by atoms with Crippen LogP contribution in [0, 0.1) is 3.57 Å². The Morgan fingerprint density at radius 3 is 2.31 bits per heavy atom. The Hall–Kier alpha value is -2.30. The number of esters is 2. The van der Waals surface area contributed by atoms with Gasteiger partial charge < -0.3 is 14.4 Å². The molecule has 0 saturated heterocycles. The number of nitrogens with zero attached hydrogens (tertiary/aromatic N) is 1. The van der Waals surface area contributed by atoms with E-state index < -0.39 is 23.7 Å². The molecule has 1 aromatic rings. The van der Waals surface area contributed by atoms with E-state index in [4.69, 9.17) is 4.74 Å². The second-order valence-corrected chi connectivity index (χ2v) is 6.14. The minimum Gasteiger partial charge on any atom is -0.465 e. The summed E-state index contributed by atoms with van der Waals surface area (Å²) < 4.78 is 49.1. The zero-order valence-corrected chi connectivity index (χ0v) is 15.8. The minimum atomic E-state index is -4.57. The van der Waals surface area contributed by atoms with Crippen molar-refractivity contribution in [2.45, 2.75) is 6.18 Å². The van der Waals surface area contributed by atoms with E-state index in [0.29, 0.717) is 0 Å². The van der Waals surface area contributed by atoms with Crippen LogP contribution in [-0.2, 0) is 25.2 Å². The number of carbonyl (C=O) groups is 2. The van der Waals surface area contributed by atoms with Crippen LogP contribution in [0.2, 0.25) is 0 Å². The van der Waals surface area contributed by atoms with Crippen molar-refractivity contribution in [1.82, 2.24) is 0 Å². The SMILES string of the molecule is COC(=O)C1=C(C(=O)OC)N(c2ccc(I)c(C(F)(F)F)c2)C=CC=C1. The fourth-order valence-corrected chi connectivity index (χ4v) is 2.89. The van der Waals surface area contributed by atoms with Crippen LogP contribution >= 0.6 is 22.6 Å². The molecule has 0 bridgehead atoms. The summed E-state index contributed by atoms with van der Waals surface area (Å²) in [6, 6.07) is 3.58. The van der Waals surface area contributed by atoms with Crippen molar-refractivity contribution in [1.29, 1.82) is 0 Å². The number of anilines is 1. The predicted molar refractivity (Wildman–Crippen MR) is 96.0 cm³/mol. The summed E-state index contributed by atoms with van der Waals surface area (Å²) in [6.07, 6.45) is 1.06. The maximum absolute atomic E-state index is 13.2. The Balaban J connectivity index is 2.70. The van der Waals surface area contributed by atoms with Crippen molar-refractivity contribution < 1.29 is 32.2 Å². The molecule has 5 nitrogen and oxygen atoms in total. The van der Waals surface area contributed by atoms with Crippen LogP contribution in [0.25, 0.3) is 0 Å². The molecule has 0 atom stereocenters.